The summed E-state index contributed by atoms with van der Waals surface area (Å²) in [6.45, 7) is 7.79. The van der Waals surface area contributed by atoms with Crippen LogP contribution in [0.5, 0.6) is 5.75 Å². The van der Waals surface area contributed by atoms with E-state index in [0.717, 1.165) is 54.9 Å². The summed E-state index contributed by atoms with van der Waals surface area (Å²) in [5, 5.41) is 6.25. The minimum atomic E-state index is -3.21. The molecule has 1 saturated heterocycles. The van der Waals surface area contributed by atoms with Gasteiger partial charge < -0.3 is 61.3 Å². The van der Waals surface area contributed by atoms with E-state index in [1.54, 1.807) is 7.11 Å². The van der Waals surface area contributed by atoms with Gasteiger partial charge in [-0.25, -0.2) is 0 Å². The lowest BCUT2D eigenvalue weighted by atomic mass is 9.83. The third kappa shape index (κ3) is 20.8. The Balaban J connectivity index is 1.02. The lowest BCUT2D eigenvalue weighted by Crippen LogP contribution is -2.70. The zero-order valence-corrected chi connectivity index (χ0v) is 61.1. The van der Waals surface area contributed by atoms with Crippen molar-refractivity contribution in [2.75, 3.05) is 26.9 Å². The molecular formula is C88H95N3O13Si. The molecule has 2 aliphatic rings. The van der Waals surface area contributed by atoms with Crippen molar-refractivity contribution >= 4 is 18.7 Å². The second kappa shape index (κ2) is 38.9. The molecule has 12 rings (SSSR count). The highest BCUT2D eigenvalue weighted by Crippen LogP contribution is 2.41. The molecule has 17 heteroatoms. The van der Waals surface area contributed by atoms with Gasteiger partial charge in [-0.15, -0.1) is 0 Å². The fourth-order valence-corrected chi connectivity index (χ4v) is 18.4. The molecule has 0 N–H and O–H groups in total. The first-order chi connectivity index (χ1) is 51.6. The van der Waals surface area contributed by atoms with Gasteiger partial charge in [0.1, 0.15) is 66.8 Å². The number of hydrogen-bond donors (Lipinski definition) is 0. The van der Waals surface area contributed by atoms with Crippen molar-refractivity contribution in [2.45, 2.75) is 152 Å². The molecule has 16 nitrogen and oxygen atoms in total. The Morgan fingerprint density at radius 2 is 0.667 bits per heavy atom. The van der Waals surface area contributed by atoms with Gasteiger partial charge in [-0.05, 0) is 77.6 Å². The number of benzene rings is 10. The van der Waals surface area contributed by atoms with E-state index in [2.05, 4.69) is 55.1 Å². The van der Waals surface area contributed by atoms with Gasteiger partial charge >= 0.3 is 0 Å². The number of rotatable bonds is 37. The van der Waals surface area contributed by atoms with E-state index in [1.807, 2.05) is 273 Å². The van der Waals surface area contributed by atoms with Crippen LogP contribution in [0, 0.1) is 0 Å². The highest BCUT2D eigenvalue weighted by atomic mass is 28.4. The second-order valence-electron chi connectivity index (χ2n) is 27.5. The zero-order chi connectivity index (χ0) is 72.3. The Kier molecular flexibility index (Phi) is 28.0. The smallest absolute Gasteiger partial charge is 0.261 e. The monoisotopic (exact) mass is 1430 g/mol. The molecular weight excluding hydrogens is 1340 g/mol. The first-order valence-corrected chi connectivity index (χ1v) is 38.0. The molecule has 1 saturated carbocycles. The third-order valence-electron chi connectivity index (χ3n) is 19.1. The van der Waals surface area contributed by atoms with Crippen molar-refractivity contribution < 1.29 is 61.3 Å². The van der Waals surface area contributed by atoms with Crippen molar-refractivity contribution in [3.05, 3.63) is 352 Å². The maximum absolute atomic E-state index is 10.7. The lowest BCUT2D eigenvalue weighted by Gasteiger charge is -2.52. The molecule has 105 heavy (non-hydrogen) atoms. The largest absolute Gasteiger partial charge is 0.497 e. The number of azide groups is 1. The Morgan fingerprint density at radius 3 is 1.02 bits per heavy atom. The van der Waals surface area contributed by atoms with Gasteiger partial charge in [-0.3, -0.25) is 0 Å². The van der Waals surface area contributed by atoms with Crippen LogP contribution < -0.4 is 15.1 Å². The molecule has 0 spiro atoms. The number of hydrogen-bond acceptors (Lipinski definition) is 14. The molecule has 1 aliphatic heterocycles. The maximum atomic E-state index is 10.7. The molecule has 2 fully saturated rings. The van der Waals surface area contributed by atoms with Gasteiger partial charge in [0, 0.05) is 11.5 Å². The Labute approximate surface area is 618 Å². The van der Waals surface area contributed by atoms with Crippen LogP contribution in [-0.2, 0) is 109 Å². The Bertz CT molecular complexity index is 4100. The van der Waals surface area contributed by atoms with Crippen LogP contribution in [0.25, 0.3) is 10.4 Å². The predicted molar refractivity (Wildman–Crippen MR) is 408 cm³/mol. The molecule has 12 atom stereocenters. The van der Waals surface area contributed by atoms with Crippen molar-refractivity contribution in [1.82, 2.24) is 0 Å². The number of methoxy groups -OCH3 is 1. The van der Waals surface area contributed by atoms with E-state index < -0.39 is 86.7 Å². The second-order valence-corrected chi connectivity index (χ2v) is 31.8. The quantitative estimate of drug-likeness (QED) is 0.0156. The van der Waals surface area contributed by atoms with E-state index in [-0.39, 0.29) is 72.7 Å². The maximum Gasteiger partial charge on any atom is 0.261 e. The van der Waals surface area contributed by atoms with Crippen molar-refractivity contribution in [3.8, 4) is 5.75 Å². The number of ether oxygens (including phenoxy) is 12. The van der Waals surface area contributed by atoms with Gasteiger partial charge in [0.05, 0.1) is 79.2 Å². The van der Waals surface area contributed by atoms with Gasteiger partial charge in [-0.2, -0.15) is 0 Å². The van der Waals surface area contributed by atoms with Crippen LogP contribution in [0.1, 0.15) is 65.3 Å². The van der Waals surface area contributed by atoms with Crippen molar-refractivity contribution in [3.63, 3.8) is 0 Å². The summed E-state index contributed by atoms with van der Waals surface area (Å²) in [4.78, 5) is 3.49. The average Bonchev–Trinajstić information content (AvgIpc) is 0.743. The van der Waals surface area contributed by atoms with Gasteiger partial charge in [0.25, 0.3) is 8.32 Å². The first kappa shape index (κ1) is 75.7. The molecule has 0 radical (unpaired) electrons. The first-order valence-electron chi connectivity index (χ1n) is 36.1. The highest BCUT2D eigenvalue weighted by Gasteiger charge is 2.59. The summed E-state index contributed by atoms with van der Waals surface area (Å²) in [5.41, 5.74) is 18.0. The summed E-state index contributed by atoms with van der Waals surface area (Å²) < 4.78 is 95.1. The SMILES string of the molecule is COc1ccc(CO[C@@H]2[C@@H](OC[C@@H](CO[Si](c3ccccc3)(c3ccccc3)C(C)(C)C)N=[N+]=[N-])[C@H](OCc3ccccc3)[C@@H](OCc3ccccc3)[C@H](OCc3ccccc3)[C@@H]2O[C@H]2O[C@H](COCc3ccccc3)[C@@H](OCc3ccccc3)[C@H](OCc3ccccc3)[C@@H]2OCc2ccccc2)cc1. The highest BCUT2D eigenvalue weighted by molar-refractivity contribution is 6.99. The van der Waals surface area contributed by atoms with Crippen molar-refractivity contribution in [1.29, 1.82) is 0 Å². The molecule has 0 unspecified atom stereocenters. The molecule has 0 aromatic heterocycles. The minimum absolute atomic E-state index is 0.00436. The Hall–Kier alpha value is -8.95. The van der Waals surface area contributed by atoms with E-state index in [1.165, 1.54) is 0 Å². The lowest BCUT2D eigenvalue weighted by molar-refractivity contribution is -0.366. The molecule has 1 aliphatic carbocycles. The van der Waals surface area contributed by atoms with Gasteiger partial charge in [-0.1, -0.05) is 311 Å². The van der Waals surface area contributed by atoms with Crippen molar-refractivity contribution in [2.24, 2.45) is 5.11 Å². The topological polar surface area (TPSA) is 169 Å². The summed E-state index contributed by atoms with van der Waals surface area (Å²) in [6, 6.07) is 97.8. The summed E-state index contributed by atoms with van der Waals surface area (Å²) in [6.07, 6.45) is -11.3. The van der Waals surface area contributed by atoms with Crippen LogP contribution in [0.2, 0.25) is 5.04 Å². The predicted octanol–water partition coefficient (Wildman–Crippen LogP) is 16.1. The summed E-state index contributed by atoms with van der Waals surface area (Å²) in [5.74, 6) is 0.679. The van der Waals surface area contributed by atoms with E-state index in [4.69, 9.17) is 61.3 Å². The van der Waals surface area contributed by atoms with Crippen LogP contribution >= 0.6 is 0 Å². The van der Waals surface area contributed by atoms with E-state index >= 15 is 0 Å². The molecule has 544 valence electrons. The summed E-state index contributed by atoms with van der Waals surface area (Å²) >= 11 is 0. The van der Waals surface area contributed by atoms with Gasteiger partial charge in [0.2, 0.25) is 0 Å². The third-order valence-corrected chi connectivity index (χ3v) is 24.1. The molecule has 10 aromatic carbocycles. The minimum Gasteiger partial charge on any atom is -0.497 e. The van der Waals surface area contributed by atoms with Crippen LogP contribution in [0.3, 0.4) is 0 Å². The molecule has 10 aromatic rings. The van der Waals surface area contributed by atoms with Crippen LogP contribution in [0.4, 0.5) is 0 Å². The average molecular weight is 1430 g/mol. The number of nitrogens with zero attached hydrogens (tertiary/aromatic N) is 3. The Morgan fingerprint density at radius 1 is 0.362 bits per heavy atom. The zero-order valence-electron chi connectivity index (χ0n) is 60.1. The van der Waals surface area contributed by atoms with Crippen LogP contribution in [-0.4, -0.2) is 109 Å². The fourth-order valence-electron chi connectivity index (χ4n) is 13.8. The van der Waals surface area contributed by atoms with Gasteiger partial charge in [0.15, 0.2) is 6.29 Å². The van der Waals surface area contributed by atoms with Crippen LogP contribution in [0.15, 0.2) is 302 Å². The normalized spacial score (nSPS) is 21.4. The summed E-state index contributed by atoms with van der Waals surface area (Å²) in [7, 11) is -1.57. The molecule has 1 heterocycles. The molecule has 0 bridgehead atoms. The molecule has 0 amide bonds. The standard InChI is InChI=1S/C88H95N3O13Si/c1-88(2,3)105(75-46-28-12-29-47-75,76-48-30-13-31-49-76)102-63-73(90-91-89)62-101-82-80(96-57-68-38-20-8-21-39-68)81(97-58-69-40-22-9-23-41-69)83(98-59-70-42-24-10-25-43-70)85(84(82)99-61-72-50-52-74(92-4)53-51-72)104-87-86(100-60-71-44-26-11-27-45-71)79(95-56-67-36-18-7-19-37-67)78(94-55-66-34-16-6-17-35-66)77(103-87)64-93-54-65-32-14-5-15-33-65/h5-53,73,77-87H,54-64H2,1-4H3/t73-,77+,78+,79-,80+,81+,82-,83-,84+,85-,86-,87+/m0/s1. The fraction of sp³-hybridized carbons (Fsp3) is 0.318. The van der Waals surface area contributed by atoms with E-state index in [9.17, 15) is 5.53 Å². The van der Waals surface area contributed by atoms with E-state index in [0.29, 0.717) is 5.75 Å².